The monoisotopic (exact) mass is 311 g/mol. The summed E-state index contributed by atoms with van der Waals surface area (Å²) < 4.78 is 5.30. The average Bonchev–Trinajstić information content (AvgIpc) is 3.12. The highest BCUT2D eigenvalue weighted by atomic mass is 32.1. The third-order valence-electron chi connectivity index (χ3n) is 3.71. The van der Waals surface area contributed by atoms with Crippen LogP contribution in [-0.2, 0) is 16.0 Å². The van der Waals surface area contributed by atoms with Crippen LogP contribution in [-0.4, -0.2) is 47.7 Å². The molecule has 1 fully saturated rings. The van der Waals surface area contributed by atoms with Crippen LogP contribution >= 0.6 is 11.3 Å². The van der Waals surface area contributed by atoms with E-state index in [0.717, 1.165) is 17.7 Å². The van der Waals surface area contributed by atoms with Gasteiger partial charge in [0.25, 0.3) is 5.91 Å². The molecule has 1 saturated heterocycles. The van der Waals surface area contributed by atoms with Gasteiger partial charge in [-0.2, -0.15) is 0 Å². The molecule has 0 aromatic carbocycles. The van der Waals surface area contributed by atoms with Crippen LogP contribution in [0.15, 0.2) is 12.1 Å². The molecule has 2 heterocycles. The van der Waals surface area contributed by atoms with Crippen LogP contribution < -0.4 is 0 Å². The molecule has 6 heteroatoms. The SMILES string of the molecule is CCCN(C(=O)c1ccc(CC)s1)C1COCC1C(=O)O. The van der Waals surface area contributed by atoms with Gasteiger partial charge in [0.2, 0.25) is 0 Å². The highest BCUT2D eigenvalue weighted by Gasteiger charge is 2.40. The van der Waals surface area contributed by atoms with Gasteiger partial charge >= 0.3 is 5.97 Å². The summed E-state index contributed by atoms with van der Waals surface area (Å²) in [5, 5.41) is 9.28. The largest absolute Gasteiger partial charge is 0.481 e. The maximum Gasteiger partial charge on any atom is 0.311 e. The fourth-order valence-electron chi connectivity index (χ4n) is 2.57. The summed E-state index contributed by atoms with van der Waals surface area (Å²) in [5.74, 6) is -1.61. The van der Waals surface area contributed by atoms with Crippen molar-refractivity contribution in [3.63, 3.8) is 0 Å². The molecule has 0 aliphatic carbocycles. The fourth-order valence-corrected chi connectivity index (χ4v) is 3.47. The van der Waals surface area contributed by atoms with Gasteiger partial charge in [-0.05, 0) is 25.0 Å². The predicted molar refractivity (Wildman–Crippen MR) is 80.8 cm³/mol. The zero-order chi connectivity index (χ0) is 15.4. The van der Waals surface area contributed by atoms with Crippen molar-refractivity contribution in [1.82, 2.24) is 4.90 Å². The van der Waals surface area contributed by atoms with E-state index in [-0.39, 0.29) is 18.6 Å². The zero-order valence-corrected chi connectivity index (χ0v) is 13.2. The van der Waals surface area contributed by atoms with Gasteiger partial charge < -0.3 is 14.7 Å². The Bertz CT molecular complexity index is 514. The number of carboxylic acids is 1. The van der Waals surface area contributed by atoms with Crippen molar-refractivity contribution in [2.24, 2.45) is 5.92 Å². The second-order valence-electron chi connectivity index (χ2n) is 5.17. The van der Waals surface area contributed by atoms with Crippen molar-refractivity contribution in [3.05, 3.63) is 21.9 Å². The molecule has 5 nitrogen and oxygen atoms in total. The van der Waals surface area contributed by atoms with Crippen LogP contribution in [0.4, 0.5) is 0 Å². The van der Waals surface area contributed by atoms with E-state index in [1.165, 1.54) is 11.3 Å². The minimum absolute atomic E-state index is 0.0803. The lowest BCUT2D eigenvalue weighted by Gasteiger charge is -2.29. The van der Waals surface area contributed by atoms with Gasteiger partial charge in [-0.15, -0.1) is 11.3 Å². The van der Waals surface area contributed by atoms with Crippen LogP contribution in [0, 0.1) is 5.92 Å². The van der Waals surface area contributed by atoms with E-state index < -0.39 is 11.9 Å². The number of aryl methyl sites for hydroxylation is 1. The Hall–Kier alpha value is -1.40. The van der Waals surface area contributed by atoms with Gasteiger partial charge in [-0.25, -0.2) is 0 Å². The molecule has 1 amide bonds. The van der Waals surface area contributed by atoms with Crippen LogP contribution in [0.3, 0.4) is 0 Å². The number of rotatable bonds is 6. The molecule has 21 heavy (non-hydrogen) atoms. The van der Waals surface area contributed by atoms with E-state index in [9.17, 15) is 14.7 Å². The molecular weight excluding hydrogens is 290 g/mol. The number of amides is 1. The second-order valence-corrected chi connectivity index (χ2v) is 6.34. The van der Waals surface area contributed by atoms with Crippen LogP contribution in [0.1, 0.15) is 34.8 Å². The number of nitrogens with zero attached hydrogens (tertiary/aromatic N) is 1. The van der Waals surface area contributed by atoms with Gasteiger partial charge in [0.05, 0.1) is 24.1 Å². The van der Waals surface area contributed by atoms with E-state index in [4.69, 9.17) is 4.74 Å². The highest BCUT2D eigenvalue weighted by Crippen LogP contribution is 2.25. The number of hydrogen-bond acceptors (Lipinski definition) is 4. The van der Waals surface area contributed by atoms with E-state index in [2.05, 4.69) is 6.92 Å². The standard InChI is InChI=1S/C15H21NO4S/c1-3-7-16(12-9-20-8-11(12)15(18)19)14(17)13-6-5-10(4-2)21-13/h5-6,11-12H,3-4,7-9H2,1-2H3,(H,18,19). The molecule has 0 bridgehead atoms. The number of aliphatic carboxylic acids is 1. The molecular formula is C15H21NO4S. The Morgan fingerprint density at radius 3 is 2.71 bits per heavy atom. The lowest BCUT2D eigenvalue weighted by atomic mass is 10.0. The third kappa shape index (κ3) is 3.44. The number of carboxylic acid groups (broad SMARTS) is 1. The molecule has 2 rings (SSSR count). The summed E-state index contributed by atoms with van der Waals surface area (Å²) in [6.07, 6.45) is 1.69. The Morgan fingerprint density at radius 2 is 2.14 bits per heavy atom. The van der Waals surface area contributed by atoms with Crippen LogP contribution in [0.2, 0.25) is 0 Å². The number of hydrogen-bond donors (Lipinski definition) is 1. The maximum absolute atomic E-state index is 12.7. The Labute approximate surface area is 128 Å². The Kier molecular flexibility index (Phi) is 5.36. The van der Waals surface area contributed by atoms with Crippen molar-refractivity contribution >= 4 is 23.2 Å². The fraction of sp³-hybridized carbons (Fsp3) is 0.600. The van der Waals surface area contributed by atoms with Crippen molar-refractivity contribution < 1.29 is 19.4 Å². The van der Waals surface area contributed by atoms with Crippen molar-refractivity contribution in [2.45, 2.75) is 32.7 Å². The van der Waals surface area contributed by atoms with E-state index in [1.54, 1.807) is 4.90 Å². The number of thiophene rings is 1. The van der Waals surface area contributed by atoms with Crippen molar-refractivity contribution in [1.29, 1.82) is 0 Å². The molecule has 0 saturated carbocycles. The highest BCUT2D eigenvalue weighted by molar-refractivity contribution is 7.14. The molecule has 2 atom stereocenters. The number of carbonyl (C=O) groups excluding carboxylic acids is 1. The van der Waals surface area contributed by atoms with Crippen LogP contribution in [0.25, 0.3) is 0 Å². The molecule has 1 aromatic heterocycles. The Balaban J connectivity index is 2.21. The van der Waals surface area contributed by atoms with Gasteiger partial charge in [-0.3, -0.25) is 9.59 Å². The molecule has 2 unspecified atom stereocenters. The Morgan fingerprint density at radius 1 is 1.38 bits per heavy atom. The van der Waals surface area contributed by atoms with Gasteiger partial charge in [-0.1, -0.05) is 13.8 Å². The minimum atomic E-state index is -0.896. The van der Waals surface area contributed by atoms with Gasteiger partial charge in [0.15, 0.2) is 0 Å². The minimum Gasteiger partial charge on any atom is -0.481 e. The zero-order valence-electron chi connectivity index (χ0n) is 12.4. The van der Waals surface area contributed by atoms with Crippen molar-refractivity contribution in [3.8, 4) is 0 Å². The molecule has 0 spiro atoms. The number of ether oxygens (including phenoxy) is 1. The predicted octanol–water partition coefficient (Wildman–Crippen LogP) is 2.26. The lowest BCUT2D eigenvalue weighted by Crippen LogP contribution is -2.46. The summed E-state index contributed by atoms with van der Waals surface area (Å²) in [6.45, 7) is 5.07. The summed E-state index contributed by atoms with van der Waals surface area (Å²) >= 11 is 1.48. The van der Waals surface area contributed by atoms with Crippen LogP contribution in [0.5, 0.6) is 0 Å². The first-order valence-electron chi connectivity index (χ1n) is 7.28. The molecule has 1 N–H and O–H groups in total. The summed E-state index contributed by atoms with van der Waals surface area (Å²) in [7, 11) is 0. The third-order valence-corrected chi connectivity index (χ3v) is 4.93. The average molecular weight is 311 g/mol. The number of carbonyl (C=O) groups is 2. The summed E-state index contributed by atoms with van der Waals surface area (Å²) in [5.41, 5.74) is 0. The first-order valence-corrected chi connectivity index (χ1v) is 8.10. The van der Waals surface area contributed by atoms with Gasteiger partial charge in [0.1, 0.15) is 5.92 Å². The maximum atomic E-state index is 12.7. The first-order chi connectivity index (χ1) is 10.1. The van der Waals surface area contributed by atoms with E-state index >= 15 is 0 Å². The quantitative estimate of drug-likeness (QED) is 0.875. The van der Waals surface area contributed by atoms with E-state index in [1.807, 2.05) is 19.1 Å². The van der Waals surface area contributed by atoms with Gasteiger partial charge in [0, 0.05) is 11.4 Å². The van der Waals surface area contributed by atoms with E-state index in [0.29, 0.717) is 18.0 Å². The smallest absolute Gasteiger partial charge is 0.311 e. The summed E-state index contributed by atoms with van der Waals surface area (Å²) in [4.78, 5) is 27.5. The molecule has 0 radical (unpaired) electrons. The first kappa shape index (κ1) is 16.0. The lowest BCUT2D eigenvalue weighted by molar-refractivity contribution is -0.142. The molecule has 116 valence electrons. The second kappa shape index (κ2) is 7.04. The molecule has 1 aliphatic heterocycles. The normalized spacial score (nSPS) is 21.4. The topological polar surface area (TPSA) is 66.8 Å². The molecule has 1 aliphatic rings. The summed E-state index contributed by atoms with van der Waals surface area (Å²) in [6, 6.07) is 3.42. The molecule has 1 aromatic rings. The van der Waals surface area contributed by atoms with Crippen molar-refractivity contribution in [2.75, 3.05) is 19.8 Å².